The van der Waals surface area contributed by atoms with Gasteiger partial charge in [0.05, 0.1) is 20.6 Å². The molecule has 1 aliphatic carbocycles. The lowest BCUT2D eigenvalue weighted by atomic mass is 10.0. The van der Waals surface area contributed by atoms with Crippen LogP contribution in [0.2, 0.25) is 0 Å². The van der Waals surface area contributed by atoms with Crippen LogP contribution in [-0.2, 0) is 11.2 Å². The van der Waals surface area contributed by atoms with Crippen molar-refractivity contribution >= 4 is 5.91 Å². The summed E-state index contributed by atoms with van der Waals surface area (Å²) in [5.41, 5.74) is 6.91. The number of carbonyl (C=O) groups excluding carboxylic acids is 1. The summed E-state index contributed by atoms with van der Waals surface area (Å²) in [5, 5.41) is 2.98. The molecule has 1 amide bonds. The van der Waals surface area contributed by atoms with Crippen LogP contribution in [0.4, 0.5) is 0 Å². The monoisotopic (exact) mass is 292 g/mol. The zero-order chi connectivity index (χ0) is 15.2. The molecule has 3 N–H and O–H groups in total. The summed E-state index contributed by atoms with van der Waals surface area (Å²) in [4.78, 5) is 12.0. The predicted molar refractivity (Wildman–Crippen MR) is 81.6 cm³/mol. The quantitative estimate of drug-likeness (QED) is 0.833. The molecule has 0 spiro atoms. The normalized spacial score (nSPS) is 21.1. The molecule has 0 radical (unpaired) electrons. The van der Waals surface area contributed by atoms with Crippen molar-refractivity contribution in [3.63, 3.8) is 0 Å². The highest BCUT2D eigenvalue weighted by Gasteiger charge is 2.24. The molecule has 2 atom stereocenters. The zero-order valence-corrected chi connectivity index (χ0v) is 12.7. The average molecular weight is 292 g/mol. The molecule has 0 aromatic heterocycles. The second kappa shape index (κ2) is 7.31. The molecule has 1 fully saturated rings. The number of benzene rings is 1. The van der Waals surface area contributed by atoms with Gasteiger partial charge in [0.2, 0.25) is 5.91 Å². The van der Waals surface area contributed by atoms with Crippen molar-refractivity contribution in [3.05, 3.63) is 23.8 Å². The standard InChI is InChI=1S/C16H24N2O3/c1-20-14-7-6-11(8-15(14)21-2)9-16(19)18-10-12-4-3-5-13(12)17/h6-8,12-13H,3-5,9-10,17H2,1-2H3,(H,18,19). The van der Waals surface area contributed by atoms with Crippen molar-refractivity contribution < 1.29 is 14.3 Å². The van der Waals surface area contributed by atoms with Crippen LogP contribution in [0, 0.1) is 5.92 Å². The van der Waals surface area contributed by atoms with Crippen molar-refractivity contribution in [1.82, 2.24) is 5.32 Å². The van der Waals surface area contributed by atoms with E-state index in [1.54, 1.807) is 14.2 Å². The summed E-state index contributed by atoms with van der Waals surface area (Å²) < 4.78 is 10.4. The molecule has 2 rings (SSSR count). The highest BCUT2D eigenvalue weighted by Crippen LogP contribution is 2.27. The molecule has 0 saturated heterocycles. The Morgan fingerprint density at radius 3 is 2.67 bits per heavy atom. The number of hydrogen-bond acceptors (Lipinski definition) is 4. The smallest absolute Gasteiger partial charge is 0.224 e. The molecule has 5 nitrogen and oxygen atoms in total. The topological polar surface area (TPSA) is 73.6 Å². The van der Waals surface area contributed by atoms with Gasteiger partial charge >= 0.3 is 0 Å². The first kappa shape index (κ1) is 15.6. The van der Waals surface area contributed by atoms with Gasteiger partial charge in [0.1, 0.15) is 0 Å². The Kier molecular flexibility index (Phi) is 5.44. The number of nitrogens with one attached hydrogen (secondary N) is 1. The van der Waals surface area contributed by atoms with E-state index in [4.69, 9.17) is 15.2 Å². The maximum atomic E-state index is 12.0. The summed E-state index contributed by atoms with van der Waals surface area (Å²) in [7, 11) is 3.18. The number of amides is 1. The van der Waals surface area contributed by atoms with E-state index in [9.17, 15) is 4.79 Å². The SMILES string of the molecule is COc1ccc(CC(=O)NCC2CCCC2N)cc1OC. The van der Waals surface area contributed by atoms with Gasteiger partial charge in [-0.15, -0.1) is 0 Å². The molecule has 5 heteroatoms. The third-order valence-corrected chi connectivity index (χ3v) is 4.09. The fourth-order valence-corrected chi connectivity index (χ4v) is 2.80. The van der Waals surface area contributed by atoms with E-state index in [0.29, 0.717) is 30.4 Å². The minimum Gasteiger partial charge on any atom is -0.493 e. The van der Waals surface area contributed by atoms with Crippen molar-refractivity contribution in [3.8, 4) is 11.5 Å². The highest BCUT2D eigenvalue weighted by molar-refractivity contribution is 5.78. The molecule has 1 aromatic rings. The Morgan fingerprint density at radius 1 is 1.29 bits per heavy atom. The van der Waals surface area contributed by atoms with E-state index in [-0.39, 0.29) is 11.9 Å². The lowest BCUT2D eigenvalue weighted by Crippen LogP contribution is -2.36. The predicted octanol–water partition coefficient (Wildman–Crippen LogP) is 1.49. The average Bonchev–Trinajstić information content (AvgIpc) is 2.90. The van der Waals surface area contributed by atoms with Gasteiger partial charge in [-0.1, -0.05) is 12.5 Å². The number of nitrogens with two attached hydrogens (primary N) is 1. The summed E-state index contributed by atoms with van der Waals surface area (Å²) >= 11 is 0. The minimum atomic E-state index is 0.0151. The maximum Gasteiger partial charge on any atom is 0.224 e. The number of methoxy groups -OCH3 is 2. The lowest BCUT2D eigenvalue weighted by molar-refractivity contribution is -0.120. The number of carbonyl (C=O) groups is 1. The van der Waals surface area contributed by atoms with Gasteiger partial charge in [-0.2, -0.15) is 0 Å². The van der Waals surface area contributed by atoms with Crippen molar-refractivity contribution in [2.75, 3.05) is 20.8 Å². The number of ether oxygens (including phenoxy) is 2. The largest absolute Gasteiger partial charge is 0.493 e. The van der Waals surface area contributed by atoms with Crippen LogP contribution in [0.3, 0.4) is 0 Å². The van der Waals surface area contributed by atoms with Crippen LogP contribution >= 0.6 is 0 Å². The third kappa shape index (κ3) is 4.11. The summed E-state index contributed by atoms with van der Waals surface area (Å²) in [6.07, 6.45) is 3.67. The van der Waals surface area contributed by atoms with Crippen LogP contribution in [0.15, 0.2) is 18.2 Å². The summed E-state index contributed by atoms with van der Waals surface area (Å²) in [6.45, 7) is 0.674. The molecule has 0 bridgehead atoms. The van der Waals surface area contributed by atoms with Crippen LogP contribution in [0.5, 0.6) is 11.5 Å². The van der Waals surface area contributed by atoms with E-state index in [1.165, 1.54) is 0 Å². The van der Waals surface area contributed by atoms with E-state index in [1.807, 2.05) is 18.2 Å². The molecule has 1 aliphatic rings. The molecule has 21 heavy (non-hydrogen) atoms. The van der Waals surface area contributed by atoms with Crippen LogP contribution in [-0.4, -0.2) is 32.7 Å². The van der Waals surface area contributed by atoms with Crippen molar-refractivity contribution in [1.29, 1.82) is 0 Å². The maximum absolute atomic E-state index is 12.0. The Bertz CT molecular complexity index is 490. The first-order valence-corrected chi connectivity index (χ1v) is 7.37. The lowest BCUT2D eigenvalue weighted by Gasteiger charge is -2.16. The van der Waals surface area contributed by atoms with Gasteiger partial charge < -0.3 is 20.5 Å². The zero-order valence-electron chi connectivity index (χ0n) is 12.7. The summed E-state index contributed by atoms with van der Waals surface area (Å²) in [5.74, 6) is 1.74. The molecule has 0 heterocycles. The van der Waals surface area contributed by atoms with Crippen LogP contribution in [0.25, 0.3) is 0 Å². The van der Waals surface area contributed by atoms with Gasteiger partial charge in [0.25, 0.3) is 0 Å². The van der Waals surface area contributed by atoms with E-state index < -0.39 is 0 Å². The Balaban J connectivity index is 1.87. The van der Waals surface area contributed by atoms with E-state index in [0.717, 1.165) is 24.8 Å². The summed E-state index contributed by atoms with van der Waals surface area (Å²) in [6, 6.07) is 5.75. The minimum absolute atomic E-state index is 0.0151. The molecular formula is C16H24N2O3. The van der Waals surface area contributed by atoms with Gasteiger partial charge in [-0.05, 0) is 36.5 Å². The fraction of sp³-hybridized carbons (Fsp3) is 0.562. The molecule has 0 aliphatic heterocycles. The van der Waals surface area contributed by atoms with Crippen molar-refractivity contribution in [2.24, 2.45) is 11.7 Å². The molecule has 2 unspecified atom stereocenters. The molecular weight excluding hydrogens is 268 g/mol. The molecule has 1 saturated carbocycles. The Labute approximate surface area is 125 Å². The number of rotatable bonds is 6. The van der Waals surface area contributed by atoms with Gasteiger partial charge in [-0.25, -0.2) is 0 Å². The van der Waals surface area contributed by atoms with Crippen molar-refractivity contribution in [2.45, 2.75) is 31.7 Å². The second-order valence-electron chi connectivity index (χ2n) is 5.53. The Hall–Kier alpha value is -1.75. The van der Waals surface area contributed by atoms with Crippen LogP contribution < -0.4 is 20.5 Å². The first-order chi connectivity index (χ1) is 10.1. The van der Waals surface area contributed by atoms with E-state index in [2.05, 4.69) is 5.32 Å². The molecule has 1 aromatic carbocycles. The molecule has 116 valence electrons. The van der Waals surface area contributed by atoms with Crippen LogP contribution in [0.1, 0.15) is 24.8 Å². The second-order valence-corrected chi connectivity index (χ2v) is 5.53. The number of hydrogen-bond donors (Lipinski definition) is 2. The first-order valence-electron chi connectivity index (χ1n) is 7.37. The third-order valence-electron chi connectivity index (χ3n) is 4.09. The van der Waals surface area contributed by atoms with Gasteiger partial charge in [0.15, 0.2) is 11.5 Å². The van der Waals surface area contributed by atoms with Gasteiger partial charge in [0, 0.05) is 12.6 Å². The van der Waals surface area contributed by atoms with E-state index >= 15 is 0 Å². The highest BCUT2D eigenvalue weighted by atomic mass is 16.5. The Morgan fingerprint density at radius 2 is 2.05 bits per heavy atom. The van der Waals surface area contributed by atoms with Gasteiger partial charge in [-0.3, -0.25) is 4.79 Å². The fourth-order valence-electron chi connectivity index (χ4n) is 2.80.